The van der Waals surface area contributed by atoms with E-state index in [1.165, 1.54) is 5.56 Å². The normalized spacial score (nSPS) is 12.3. The first-order valence-electron chi connectivity index (χ1n) is 7.58. The molecule has 3 aromatic rings. The van der Waals surface area contributed by atoms with Gasteiger partial charge in [-0.1, -0.05) is 60.2 Å². The Bertz CT molecular complexity index is 958. The molecular formula is C19H16N2OS. The molecule has 2 heterocycles. The second kappa shape index (κ2) is 5.32. The summed E-state index contributed by atoms with van der Waals surface area (Å²) in [6.07, 6.45) is 0.753. The number of H-pyrrole nitrogens is 1. The number of nitrogens with one attached hydrogen (secondary N) is 1. The van der Waals surface area contributed by atoms with Crippen molar-refractivity contribution in [3.63, 3.8) is 0 Å². The van der Waals surface area contributed by atoms with E-state index in [4.69, 9.17) is 17.0 Å². The Morgan fingerprint density at radius 3 is 2.65 bits per heavy atom. The van der Waals surface area contributed by atoms with Crippen LogP contribution < -0.4 is 4.74 Å². The first-order chi connectivity index (χ1) is 11.1. The molecule has 0 aliphatic carbocycles. The molecule has 0 bridgehead atoms. The zero-order valence-electron chi connectivity index (χ0n) is 13.0. The predicted octanol–water partition coefficient (Wildman–Crippen LogP) is 5.12. The molecule has 23 heavy (non-hydrogen) atoms. The van der Waals surface area contributed by atoms with E-state index in [-0.39, 0.29) is 0 Å². The Balaban J connectivity index is 1.83. The summed E-state index contributed by atoms with van der Waals surface area (Å²) in [5, 5.41) is 0. The molecule has 4 rings (SSSR count). The van der Waals surface area contributed by atoms with E-state index in [0.29, 0.717) is 10.5 Å². The number of aromatic amines is 1. The molecule has 1 aliphatic rings. The van der Waals surface area contributed by atoms with Crippen molar-refractivity contribution in [1.82, 2.24) is 9.97 Å². The number of aryl methyl sites for hydroxylation is 2. The van der Waals surface area contributed by atoms with Gasteiger partial charge in [-0.05, 0) is 25.0 Å². The van der Waals surface area contributed by atoms with Gasteiger partial charge in [0.25, 0.3) is 0 Å². The Morgan fingerprint density at radius 2 is 1.87 bits per heavy atom. The van der Waals surface area contributed by atoms with Crippen LogP contribution in [0.5, 0.6) is 11.6 Å². The lowest BCUT2D eigenvalue weighted by Crippen LogP contribution is -2.08. The molecule has 1 N–H and O–H groups in total. The van der Waals surface area contributed by atoms with E-state index in [2.05, 4.69) is 48.1 Å². The second-order valence-electron chi connectivity index (χ2n) is 5.91. The smallest absolute Gasteiger partial charge is 0.205 e. The first-order valence-corrected chi connectivity index (χ1v) is 7.99. The number of fused-ring (bicyclic) bond motifs is 2. The lowest BCUT2D eigenvalue weighted by molar-refractivity contribution is 0.435. The topological polar surface area (TPSA) is 37.9 Å². The molecule has 4 heteroatoms. The van der Waals surface area contributed by atoms with E-state index >= 15 is 0 Å². The number of ether oxygens (including phenoxy) is 1. The van der Waals surface area contributed by atoms with Gasteiger partial charge in [0.2, 0.25) is 5.88 Å². The molecule has 0 atom stereocenters. The monoisotopic (exact) mass is 320 g/mol. The van der Waals surface area contributed by atoms with E-state index in [1.807, 2.05) is 18.2 Å². The van der Waals surface area contributed by atoms with Crippen molar-refractivity contribution >= 4 is 12.2 Å². The third-order valence-electron chi connectivity index (χ3n) is 4.17. The summed E-state index contributed by atoms with van der Waals surface area (Å²) in [5.74, 6) is 2.37. The Labute approximate surface area is 140 Å². The Hall–Kier alpha value is -2.46. The van der Waals surface area contributed by atoms with Crippen LogP contribution >= 0.6 is 12.2 Å². The fraction of sp³-hybridized carbons (Fsp3) is 0.158. The molecule has 0 saturated heterocycles. The minimum Gasteiger partial charge on any atom is -0.440 e. The molecule has 0 unspecified atom stereocenters. The highest BCUT2D eigenvalue weighted by atomic mass is 32.1. The van der Waals surface area contributed by atoms with Gasteiger partial charge in [-0.3, -0.25) is 0 Å². The Kier molecular flexibility index (Phi) is 3.27. The summed E-state index contributed by atoms with van der Waals surface area (Å²) < 4.78 is 6.71. The molecular weight excluding hydrogens is 304 g/mol. The second-order valence-corrected chi connectivity index (χ2v) is 6.29. The van der Waals surface area contributed by atoms with Gasteiger partial charge < -0.3 is 9.72 Å². The van der Waals surface area contributed by atoms with Crippen molar-refractivity contribution in [3.8, 4) is 23.0 Å². The summed E-state index contributed by atoms with van der Waals surface area (Å²) in [4.78, 5) is 7.87. The summed E-state index contributed by atoms with van der Waals surface area (Å²) >= 11 is 5.50. The number of aromatic nitrogens is 2. The number of hydrogen-bond donors (Lipinski definition) is 1. The third-order valence-corrected chi connectivity index (χ3v) is 4.51. The lowest BCUT2D eigenvalue weighted by atomic mass is 10.0. The number of benzene rings is 2. The van der Waals surface area contributed by atoms with Crippen LogP contribution in [0.1, 0.15) is 22.3 Å². The highest BCUT2D eigenvalue weighted by Gasteiger charge is 2.21. The SMILES string of the molecule is Cc1ccc(-c2nc(=S)c3c([nH]2)Oc2c(C)cccc2C3)cc1. The molecule has 1 aliphatic heterocycles. The largest absolute Gasteiger partial charge is 0.440 e. The maximum Gasteiger partial charge on any atom is 0.205 e. The van der Waals surface area contributed by atoms with Crippen molar-refractivity contribution in [3.05, 3.63) is 69.4 Å². The van der Waals surface area contributed by atoms with Gasteiger partial charge in [0.1, 0.15) is 16.2 Å². The standard InChI is InChI=1S/C19H16N2OS/c1-11-6-8-13(9-7-11)17-20-18-15(19(23)21-17)10-14-5-3-4-12(2)16(14)22-18/h3-9H,10H2,1-2H3,(H,20,21,23). The van der Waals surface area contributed by atoms with Gasteiger partial charge in [0, 0.05) is 12.0 Å². The van der Waals surface area contributed by atoms with E-state index < -0.39 is 0 Å². The van der Waals surface area contributed by atoms with Crippen LogP contribution in [0.15, 0.2) is 42.5 Å². The minimum absolute atomic E-state index is 0.599. The van der Waals surface area contributed by atoms with Gasteiger partial charge >= 0.3 is 0 Å². The van der Waals surface area contributed by atoms with Crippen molar-refractivity contribution < 1.29 is 4.74 Å². The van der Waals surface area contributed by atoms with Gasteiger partial charge in [0.15, 0.2) is 0 Å². The van der Waals surface area contributed by atoms with Crippen LogP contribution in [0.25, 0.3) is 11.4 Å². The quantitative estimate of drug-likeness (QED) is 0.495. The number of rotatable bonds is 1. The van der Waals surface area contributed by atoms with Crippen LogP contribution in [-0.4, -0.2) is 9.97 Å². The molecule has 3 nitrogen and oxygen atoms in total. The maximum absolute atomic E-state index is 6.11. The van der Waals surface area contributed by atoms with Crippen LogP contribution in [0.2, 0.25) is 0 Å². The molecule has 0 radical (unpaired) electrons. The molecule has 0 saturated carbocycles. The van der Waals surface area contributed by atoms with Crippen LogP contribution in [0.4, 0.5) is 0 Å². The summed E-state index contributed by atoms with van der Waals surface area (Å²) in [6, 6.07) is 14.4. The third kappa shape index (κ3) is 2.45. The van der Waals surface area contributed by atoms with Crippen molar-refractivity contribution in [2.75, 3.05) is 0 Å². The van der Waals surface area contributed by atoms with E-state index in [0.717, 1.165) is 40.2 Å². The maximum atomic E-state index is 6.11. The van der Waals surface area contributed by atoms with Crippen molar-refractivity contribution in [1.29, 1.82) is 0 Å². The molecule has 0 spiro atoms. The molecule has 0 amide bonds. The first kappa shape index (κ1) is 14.2. The van der Waals surface area contributed by atoms with E-state index in [9.17, 15) is 0 Å². The fourth-order valence-electron chi connectivity index (χ4n) is 2.86. The average Bonchev–Trinajstić information content (AvgIpc) is 2.55. The zero-order valence-corrected chi connectivity index (χ0v) is 13.8. The van der Waals surface area contributed by atoms with Gasteiger partial charge in [-0.2, -0.15) is 0 Å². The van der Waals surface area contributed by atoms with Gasteiger partial charge in [-0.25, -0.2) is 4.98 Å². The van der Waals surface area contributed by atoms with Crippen LogP contribution in [-0.2, 0) is 6.42 Å². The van der Waals surface area contributed by atoms with E-state index in [1.54, 1.807) is 0 Å². The summed E-state index contributed by atoms with van der Waals surface area (Å²) in [5.41, 5.74) is 5.45. The Morgan fingerprint density at radius 1 is 1.09 bits per heavy atom. The number of nitrogens with zero attached hydrogens (tertiary/aromatic N) is 1. The molecule has 0 fully saturated rings. The fourth-order valence-corrected chi connectivity index (χ4v) is 3.12. The minimum atomic E-state index is 0.599. The predicted molar refractivity (Wildman–Crippen MR) is 93.7 cm³/mol. The molecule has 2 aromatic carbocycles. The lowest BCUT2D eigenvalue weighted by Gasteiger charge is -2.22. The van der Waals surface area contributed by atoms with Gasteiger partial charge in [-0.15, -0.1) is 0 Å². The number of hydrogen-bond acceptors (Lipinski definition) is 3. The number of para-hydroxylation sites is 1. The van der Waals surface area contributed by atoms with Crippen molar-refractivity contribution in [2.24, 2.45) is 0 Å². The van der Waals surface area contributed by atoms with Crippen LogP contribution in [0.3, 0.4) is 0 Å². The zero-order chi connectivity index (χ0) is 16.0. The van der Waals surface area contributed by atoms with Crippen molar-refractivity contribution in [2.45, 2.75) is 20.3 Å². The van der Waals surface area contributed by atoms with Gasteiger partial charge in [0.05, 0.1) is 5.56 Å². The molecule has 114 valence electrons. The highest BCUT2D eigenvalue weighted by Crippen LogP contribution is 2.38. The summed E-state index contributed by atoms with van der Waals surface area (Å²) in [6.45, 7) is 4.12. The highest BCUT2D eigenvalue weighted by molar-refractivity contribution is 7.71. The summed E-state index contributed by atoms with van der Waals surface area (Å²) in [7, 11) is 0. The van der Waals surface area contributed by atoms with Crippen LogP contribution in [0, 0.1) is 18.5 Å². The molecule has 1 aromatic heterocycles. The average molecular weight is 320 g/mol.